The molecule has 0 radical (unpaired) electrons. The van der Waals surface area contributed by atoms with Gasteiger partial charge in [-0.1, -0.05) is 12.1 Å². The molecule has 2 aliphatic heterocycles. The van der Waals surface area contributed by atoms with Crippen LogP contribution in [0.2, 0.25) is 0 Å². The molecule has 2 aromatic carbocycles. The SMILES string of the molecule is CN(CC(=O)Nc1ccc2c(c1)OCO2)C1=NS(=O)(=O)c2ccccc21. The minimum absolute atomic E-state index is 0.0584. The maximum absolute atomic E-state index is 12.3. The van der Waals surface area contributed by atoms with Crippen LogP contribution in [0.25, 0.3) is 0 Å². The molecule has 0 aliphatic carbocycles. The summed E-state index contributed by atoms with van der Waals surface area (Å²) in [5, 5.41) is 2.75. The predicted molar refractivity (Wildman–Crippen MR) is 94.0 cm³/mol. The van der Waals surface area contributed by atoms with E-state index in [9.17, 15) is 13.2 Å². The average Bonchev–Trinajstić information content (AvgIpc) is 3.17. The van der Waals surface area contributed by atoms with Crippen molar-refractivity contribution in [3.63, 3.8) is 0 Å². The number of carbonyl (C=O) groups is 1. The van der Waals surface area contributed by atoms with E-state index in [4.69, 9.17) is 9.47 Å². The minimum atomic E-state index is -3.72. The molecule has 0 aromatic heterocycles. The van der Waals surface area contributed by atoms with Gasteiger partial charge in [-0.3, -0.25) is 4.79 Å². The molecule has 4 rings (SSSR count). The molecule has 2 heterocycles. The summed E-state index contributed by atoms with van der Waals surface area (Å²) in [6.45, 7) is 0.0975. The zero-order valence-electron chi connectivity index (χ0n) is 13.8. The van der Waals surface area contributed by atoms with Crippen LogP contribution in [0.4, 0.5) is 5.69 Å². The number of nitrogens with zero attached hydrogens (tertiary/aromatic N) is 2. The Labute approximate surface area is 150 Å². The molecule has 2 aromatic rings. The molecular weight excluding hydrogens is 358 g/mol. The first-order valence-electron chi connectivity index (χ1n) is 7.79. The highest BCUT2D eigenvalue weighted by Gasteiger charge is 2.30. The van der Waals surface area contributed by atoms with Crippen molar-refractivity contribution in [1.29, 1.82) is 0 Å². The number of carbonyl (C=O) groups excluding carboxylic acids is 1. The first-order chi connectivity index (χ1) is 12.4. The van der Waals surface area contributed by atoms with Gasteiger partial charge in [0.25, 0.3) is 10.0 Å². The Morgan fingerprint density at radius 2 is 1.96 bits per heavy atom. The number of ether oxygens (including phenoxy) is 2. The van der Waals surface area contributed by atoms with Crippen LogP contribution in [0.1, 0.15) is 5.56 Å². The van der Waals surface area contributed by atoms with Crippen molar-refractivity contribution < 1.29 is 22.7 Å². The summed E-state index contributed by atoms with van der Waals surface area (Å²) >= 11 is 0. The fourth-order valence-electron chi connectivity index (χ4n) is 2.83. The van der Waals surface area contributed by atoms with Gasteiger partial charge in [0.05, 0.1) is 6.54 Å². The topological polar surface area (TPSA) is 97.3 Å². The number of likely N-dealkylation sites (N-methyl/N-ethyl adjacent to an activating group) is 1. The second kappa shape index (κ2) is 6.03. The van der Waals surface area contributed by atoms with E-state index in [0.717, 1.165) is 0 Å². The smallest absolute Gasteiger partial charge is 0.285 e. The number of amides is 1. The van der Waals surface area contributed by atoms with Gasteiger partial charge < -0.3 is 19.7 Å². The second-order valence-electron chi connectivity index (χ2n) is 5.86. The number of hydrogen-bond donors (Lipinski definition) is 1. The predicted octanol–water partition coefficient (Wildman–Crippen LogP) is 1.43. The Kier molecular flexibility index (Phi) is 3.80. The van der Waals surface area contributed by atoms with Gasteiger partial charge in [-0.2, -0.15) is 8.42 Å². The summed E-state index contributed by atoms with van der Waals surface area (Å²) < 4.78 is 38.5. The fraction of sp³-hybridized carbons (Fsp3) is 0.176. The molecule has 2 aliphatic rings. The van der Waals surface area contributed by atoms with Gasteiger partial charge in [0.15, 0.2) is 17.3 Å². The van der Waals surface area contributed by atoms with Gasteiger partial charge in [0, 0.05) is 24.4 Å². The third kappa shape index (κ3) is 2.86. The van der Waals surface area contributed by atoms with Crippen molar-refractivity contribution in [1.82, 2.24) is 4.90 Å². The normalized spacial score (nSPS) is 16.0. The quantitative estimate of drug-likeness (QED) is 0.874. The lowest BCUT2D eigenvalue weighted by Gasteiger charge is -2.18. The van der Waals surface area contributed by atoms with E-state index in [1.807, 2.05) is 0 Å². The molecule has 0 atom stereocenters. The molecule has 0 fully saturated rings. The summed E-state index contributed by atoms with van der Waals surface area (Å²) in [5.41, 5.74) is 1.06. The second-order valence-corrected chi connectivity index (χ2v) is 7.43. The van der Waals surface area contributed by atoms with Crippen LogP contribution in [-0.2, 0) is 14.8 Å². The van der Waals surface area contributed by atoms with E-state index in [-0.39, 0.29) is 30.0 Å². The van der Waals surface area contributed by atoms with E-state index >= 15 is 0 Å². The lowest BCUT2D eigenvalue weighted by atomic mass is 10.2. The Morgan fingerprint density at radius 1 is 1.19 bits per heavy atom. The van der Waals surface area contributed by atoms with Gasteiger partial charge in [-0.15, -0.1) is 4.40 Å². The number of rotatable bonds is 3. The van der Waals surface area contributed by atoms with Crippen molar-refractivity contribution in [2.45, 2.75) is 4.90 Å². The lowest BCUT2D eigenvalue weighted by Crippen LogP contribution is -2.34. The summed E-state index contributed by atoms with van der Waals surface area (Å²) in [4.78, 5) is 14.0. The molecular formula is C17H15N3O5S. The van der Waals surface area contributed by atoms with Gasteiger partial charge >= 0.3 is 0 Å². The van der Waals surface area contributed by atoms with Gasteiger partial charge in [0.2, 0.25) is 12.7 Å². The van der Waals surface area contributed by atoms with Crippen molar-refractivity contribution >= 4 is 27.5 Å². The Morgan fingerprint density at radius 3 is 2.81 bits per heavy atom. The lowest BCUT2D eigenvalue weighted by molar-refractivity contribution is -0.116. The maximum Gasteiger partial charge on any atom is 0.285 e. The zero-order chi connectivity index (χ0) is 18.3. The Bertz CT molecular complexity index is 1030. The highest BCUT2D eigenvalue weighted by molar-refractivity contribution is 7.90. The van der Waals surface area contributed by atoms with Gasteiger partial charge in [0.1, 0.15) is 4.90 Å². The van der Waals surface area contributed by atoms with Crippen molar-refractivity contribution in [2.24, 2.45) is 4.40 Å². The molecule has 0 saturated heterocycles. The zero-order valence-corrected chi connectivity index (χ0v) is 14.6. The number of anilines is 1. The summed E-state index contributed by atoms with van der Waals surface area (Å²) in [7, 11) is -2.10. The Balaban J connectivity index is 1.48. The van der Waals surface area contributed by atoms with Crippen LogP contribution < -0.4 is 14.8 Å². The monoisotopic (exact) mass is 373 g/mol. The van der Waals surface area contributed by atoms with E-state index in [2.05, 4.69) is 9.71 Å². The molecule has 0 unspecified atom stereocenters. The van der Waals surface area contributed by atoms with Crippen molar-refractivity contribution in [3.05, 3.63) is 48.0 Å². The van der Waals surface area contributed by atoms with Crippen LogP contribution in [0.5, 0.6) is 11.5 Å². The first kappa shape index (κ1) is 16.4. The molecule has 1 amide bonds. The number of hydrogen-bond acceptors (Lipinski definition) is 6. The number of nitrogens with one attached hydrogen (secondary N) is 1. The minimum Gasteiger partial charge on any atom is -0.454 e. The molecule has 1 N–H and O–H groups in total. The van der Waals surface area contributed by atoms with Crippen LogP contribution in [0.15, 0.2) is 51.8 Å². The van der Waals surface area contributed by atoms with Crippen molar-refractivity contribution in [3.8, 4) is 11.5 Å². The standard InChI is InChI=1S/C17H15N3O5S/c1-20(17-12-4-2-3-5-15(12)26(22,23)19-17)9-16(21)18-11-6-7-13-14(8-11)25-10-24-13/h2-8H,9-10H2,1H3,(H,18,21). The summed E-state index contributed by atoms with van der Waals surface area (Å²) in [6.07, 6.45) is 0. The van der Waals surface area contributed by atoms with E-state index < -0.39 is 10.0 Å². The van der Waals surface area contributed by atoms with Crippen LogP contribution in [0.3, 0.4) is 0 Å². The fourth-order valence-corrected chi connectivity index (χ4v) is 4.08. The number of sulfonamides is 1. The first-order valence-corrected chi connectivity index (χ1v) is 9.23. The van der Waals surface area contributed by atoms with Crippen molar-refractivity contribution in [2.75, 3.05) is 25.7 Å². The molecule has 9 heteroatoms. The highest BCUT2D eigenvalue weighted by atomic mass is 32.2. The van der Waals surface area contributed by atoms with Gasteiger partial charge in [-0.05, 0) is 24.3 Å². The molecule has 8 nitrogen and oxygen atoms in total. The summed E-state index contributed by atoms with van der Waals surface area (Å²) in [6, 6.07) is 11.6. The average molecular weight is 373 g/mol. The Hall–Kier alpha value is -3.07. The largest absolute Gasteiger partial charge is 0.454 e. The van der Waals surface area contributed by atoms with E-state index in [1.165, 1.54) is 11.0 Å². The van der Waals surface area contributed by atoms with Crippen LogP contribution in [-0.4, -0.2) is 45.4 Å². The van der Waals surface area contributed by atoms with E-state index in [0.29, 0.717) is 22.7 Å². The van der Waals surface area contributed by atoms with Crippen LogP contribution in [0, 0.1) is 0 Å². The molecule has 134 valence electrons. The highest BCUT2D eigenvalue weighted by Crippen LogP contribution is 2.34. The molecule has 0 spiro atoms. The molecule has 26 heavy (non-hydrogen) atoms. The number of fused-ring (bicyclic) bond motifs is 2. The van der Waals surface area contributed by atoms with Crippen LogP contribution >= 0.6 is 0 Å². The summed E-state index contributed by atoms with van der Waals surface area (Å²) in [5.74, 6) is 1.14. The maximum atomic E-state index is 12.3. The number of benzene rings is 2. The third-order valence-corrected chi connectivity index (χ3v) is 5.34. The third-order valence-electron chi connectivity index (χ3n) is 4.01. The van der Waals surface area contributed by atoms with E-state index in [1.54, 1.807) is 43.4 Å². The van der Waals surface area contributed by atoms with Gasteiger partial charge in [-0.25, -0.2) is 0 Å². The number of amidine groups is 1. The molecule has 0 bridgehead atoms. The molecule has 0 saturated carbocycles.